The Morgan fingerprint density at radius 2 is 2.05 bits per heavy atom. The zero-order valence-electron chi connectivity index (χ0n) is 12.1. The first-order valence-electron chi connectivity index (χ1n) is 6.56. The number of methoxy groups -OCH3 is 1. The number of benzene rings is 1. The number of rotatable bonds is 6. The normalized spacial score (nSPS) is 12.9. The van der Waals surface area contributed by atoms with Gasteiger partial charge in [-0.3, -0.25) is 0 Å². The van der Waals surface area contributed by atoms with E-state index in [-0.39, 0.29) is 5.97 Å². The molecular weight excluding hydrogens is 240 g/mol. The van der Waals surface area contributed by atoms with Gasteiger partial charge in [0, 0.05) is 5.57 Å². The fraction of sp³-hybridized carbons (Fsp3) is 0.438. The van der Waals surface area contributed by atoms with Gasteiger partial charge >= 0.3 is 5.97 Å². The van der Waals surface area contributed by atoms with Crippen LogP contribution in [0.3, 0.4) is 0 Å². The first kappa shape index (κ1) is 15.3. The number of carbonyl (C=O) groups excluding carboxylic acids is 1. The molecule has 1 rings (SSSR count). The van der Waals surface area contributed by atoms with E-state index in [9.17, 15) is 4.79 Å². The van der Waals surface area contributed by atoms with Gasteiger partial charge in [-0.2, -0.15) is 0 Å². The molecule has 0 saturated heterocycles. The molecule has 0 bridgehead atoms. The Kier molecular flexibility index (Phi) is 6.13. The monoisotopic (exact) mass is 262 g/mol. The lowest BCUT2D eigenvalue weighted by Gasteiger charge is -2.14. The fourth-order valence-electron chi connectivity index (χ4n) is 1.74. The maximum absolute atomic E-state index is 11.2. The van der Waals surface area contributed by atoms with Crippen LogP contribution < -0.4 is 4.74 Å². The Labute approximate surface area is 115 Å². The van der Waals surface area contributed by atoms with Crippen LogP contribution in [0.5, 0.6) is 5.75 Å². The van der Waals surface area contributed by atoms with Crippen molar-refractivity contribution in [2.75, 3.05) is 13.7 Å². The van der Waals surface area contributed by atoms with Gasteiger partial charge in [-0.15, -0.1) is 0 Å². The number of para-hydroxylation sites is 1. The molecule has 1 atom stereocenters. The molecule has 0 fully saturated rings. The molecule has 0 aliphatic rings. The average molecular weight is 262 g/mol. The van der Waals surface area contributed by atoms with Gasteiger partial charge in [-0.05, 0) is 37.0 Å². The maximum Gasteiger partial charge on any atom is 0.333 e. The Bertz CT molecular complexity index is 449. The summed E-state index contributed by atoms with van der Waals surface area (Å²) in [7, 11) is 1.37. The van der Waals surface area contributed by atoms with Gasteiger partial charge in [-0.25, -0.2) is 4.79 Å². The van der Waals surface area contributed by atoms with Gasteiger partial charge in [-0.1, -0.05) is 32.0 Å². The summed E-state index contributed by atoms with van der Waals surface area (Å²) >= 11 is 0. The van der Waals surface area contributed by atoms with Crippen molar-refractivity contribution in [2.24, 2.45) is 0 Å². The first-order valence-corrected chi connectivity index (χ1v) is 6.56. The summed E-state index contributed by atoms with van der Waals surface area (Å²) in [4.78, 5) is 11.2. The van der Waals surface area contributed by atoms with Crippen molar-refractivity contribution in [3.05, 3.63) is 41.5 Å². The van der Waals surface area contributed by atoms with Crippen LogP contribution in [0.15, 0.2) is 35.9 Å². The van der Waals surface area contributed by atoms with E-state index in [1.807, 2.05) is 18.2 Å². The molecular formula is C16H22O3. The van der Waals surface area contributed by atoms with Crippen LogP contribution >= 0.6 is 0 Å². The summed E-state index contributed by atoms with van der Waals surface area (Å²) in [5.41, 5.74) is 1.76. The van der Waals surface area contributed by atoms with Crippen LogP contribution in [0, 0.1) is 0 Å². The molecule has 1 aromatic rings. The minimum atomic E-state index is -0.321. The predicted molar refractivity (Wildman–Crippen MR) is 76.4 cm³/mol. The molecule has 1 unspecified atom stereocenters. The zero-order chi connectivity index (χ0) is 14.3. The molecule has 0 radical (unpaired) electrons. The second-order valence-electron chi connectivity index (χ2n) is 4.54. The average Bonchev–Trinajstić information content (AvgIpc) is 2.45. The van der Waals surface area contributed by atoms with E-state index >= 15 is 0 Å². The van der Waals surface area contributed by atoms with E-state index in [1.165, 1.54) is 12.7 Å². The van der Waals surface area contributed by atoms with Crippen molar-refractivity contribution >= 4 is 5.97 Å². The lowest BCUT2D eigenvalue weighted by atomic mass is 9.98. The third kappa shape index (κ3) is 4.43. The number of hydrogen-bond donors (Lipinski definition) is 0. The Morgan fingerprint density at radius 1 is 1.37 bits per heavy atom. The molecule has 104 valence electrons. The molecule has 0 saturated carbocycles. The van der Waals surface area contributed by atoms with Crippen molar-refractivity contribution in [1.82, 2.24) is 0 Å². The summed E-state index contributed by atoms with van der Waals surface area (Å²) in [6, 6.07) is 8.02. The zero-order valence-corrected chi connectivity index (χ0v) is 12.1. The minimum Gasteiger partial charge on any atom is -0.489 e. The largest absolute Gasteiger partial charge is 0.489 e. The lowest BCUT2D eigenvalue weighted by molar-refractivity contribution is -0.136. The molecule has 3 heteroatoms. The summed E-state index contributed by atoms with van der Waals surface area (Å²) in [5, 5.41) is 0. The number of esters is 1. The highest BCUT2D eigenvalue weighted by Crippen LogP contribution is 2.28. The lowest BCUT2D eigenvalue weighted by Crippen LogP contribution is -2.05. The van der Waals surface area contributed by atoms with Crippen molar-refractivity contribution in [2.45, 2.75) is 33.1 Å². The van der Waals surface area contributed by atoms with Crippen molar-refractivity contribution < 1.29 is 14.3 Å². The Hall–Kier alpha value is -1.77. The molecule has 0 aliphatic heterocycles. The second-order valence-corrected chi connectivity index (χ2v) is 4.54. The van der Waals surface area contributed by atoms with Crippen molar-refractivity contribution in [1.29, 1.82) is 0 Å². The third-order valence-corrected chi connectivity index (χ3v) is 3.20. The molecule has 3 nitrogen and oxygen atoms in total. The van der Waals surface area contributed by atoms with Crippen LogP contribution in [-0.4, -0.2) is 19.7 Å². The van der Waals surface area contributed by atoms with E-state index in [4.69, 9.17) is 4.74 Å². The van der Waals surface area contributed by atoms with E-state index in [1.54, 1.807) is 13.0 Å². The quantitative estimate of drug-likeness (QED) is 0.579. The van der Waals surface area contributed by atoms with Gasteiger partial charge in [0.2, 0.25) is 0 Å². The molecule has 0 N–H and O–H groups in total. The number of hydrogen-bond acceptors (Lipinski definition) is 3. The number of carbonyl (C=O) groups is 1. The number of ether oxygens (including phenoxy) is 2. The van der Waals surface area contributed by atoms with Gasteiger partial charge < -0.3 is 9.47 Å². The predicted octanol–water partition coefficient (Wildman–Crippen LogP) is 3.70. The second kappa shape index (κ2) is 7.62. The smallest absolute Gasteiger partial charge is 0.333 e. The molecule has 0 aromatic heterocycles. The highest BCUT2D eigenvalue weighted by Gasteiger charge is 2.09. The summed E-state index contributed by atoms with van der Waals surface area (Å²) in [5.74, 6) is 1.02. The molecule has 19 heavy (non-hydrogen) atoms. The topological polar surface area (TPSA) is 35.5 Å². The van der Waals surface area contributed by atoms with E-state index < -0.39 is 0 Å². The third-order valence-electron chi connectivity index (χ3n) is 3.20. The van der Waals surface area contributed by atoms with Gasteiger partial charge in [0.05, 0.1) is 7.11 Å². The van der Waals surface area contributed by atoms with Crippen molar-refractivity contribution in [3.63, 3.8) is 0 Å². The van der Waals surface area contributed by atoms with Crippen LogP contribution in [0.25, 0.3) is 0 Å². The summed E-state index contributed by atoms with van der Waals surface area (Å²) in [6.45, 7) is 6.42. The highest BCUT2D eigenvalue weighted by molar-refractivity contribution is 5.87. The molecule has 1 aromatic carbocycles. The fourth-order valence-corrected chi connectivity index (χ4v) is 1.74. The van der Waals surface area contributed by atoms with Crippen LogP contribution in [0.2, 0.25) is 0 Å². The molecule has 0 spiro atoms. The first-order chi connectivity index (χ1) is 9.10. The Balaban J connectivity index is 2.71. The molecule has 0 amide bonds. The van der Waals surface area contributed by atoms with E-state index in [0.29, 0.717) is 18.1 Å². The van der Waals surface area contributed by atoms with Gasteiger partial charge in [0.25, 0.3) is 0 Å². The van der Waals surface area contributed by atoms with E-state index in [0.717, 1.165) is 12.2 Å². The highest BCUT2D eigenvalue weighted by atomic mass is 16.5. The van der Waals surface area contributed by atoms with Crippen LogP contribution in [-0.2, 0) is 9.53 Å². The maximum atomic E-state index is 11.2. The van der Waals surface area contributed by atoms with E-state index in [2.05, 4.69) is 24.7 Å². The van der Waals surface area contributed by atoms with Crippen LogP contribution in [0.4, 0.5) is 0 Å². The summed E-state index contributed by atoms with van der Waals surface area (Å²) < 4.78 is 10.4. The SMILES string of the molecule is CCC(C)c1ccccc1OCC=C(C)C(=O)OC. The standard InChI is InChI=1S/C16H22O3/c1-5-12(2)14-8-6-7-9-15(14)19-11-10-13(3)16(17)18-4/h6-10,12H,5,11H2,1-4H3. The Morgan fingerprint density at radius 3 is 2.68 bits per heavy atom. The van der Waals surface area contributed by atoms with Gasteiger partial charge in [0.1, 0.15) is 12.4 Å². The van der Waals surface area contributed by atoms with Crippen LogP contribution in [0.1, 0.15) is 38.7 Å². The van der Waals surface area contributed by atoms with Crippen molar-refractivity contribution in [3.8, 4) is 5.75 Å². The van der Waals surface area contributed by atoms with Gasteiger partial charge in [0.15, 0.2) is 0 Å². The molecule has 0 aliphatic carbocycles. The summed E-state index contributed by atoms with van der Waals surface area (Å²) in [6.07, 6.45) is 2.80. The minimum absolute atomic E-state index is 0.321. The molecule has 0 heterocycles.